The Morgan fingerprint density at radius 3 is 2.48 bits per heavy atom. The van der Waals surface area contributed by atoms with E-state index in [0.717, 1.165) is 25.5 Å². The number of carbonyl (C=O) groups excluding carboxylic acids is 1. The number of hydrogen-bond acceptors (Lipinski definition) is 4. The topological polar surface area (TPSA) is 59.9 Å². The van der Waals surface area contributed by atoms with Crippen molar-refractivity contribution in [2.24, 2.45) is 5.10 Å². The lowest BCUT2D eigenvalue weighted by molar-refractivity contribution is 0.0952. The fourth-order valence-corrected chi connectivity index (χ4v) is 4.14. The van der Waals surface area contributed by atoms with E-state index in [4.69, 9.17) is 9.47 Å². The summed E-state index contributed by atoms with van der Waals surface area (Å²) in [5, 5.41) is 6.46. The summed E-state index contributed by atoms with van der Waals surface area (Å²) in [5.74, 6) is 0.745. The van der Waals surface area contributed by atoms with Gasteiger partial charge in [-0.25, -0.2) is 5.43 Å². The van der Waals surface area contributed by atoms with Gasteiger partial charge in [0, 0.05) is 14.5 Å². The molecule has 0 unspecified atom stereocenters. The summed E-state index contributed by atoms with van der Waals surface area (Å²) >= 11 is 6.85. The summed E-state index contributed by atoms with van der Waals surface area (Å²) < 4.78 is 13.0. The van der Waals surface area contributed by atoms with Crippen molar-refractivity contribution in [3.8, 4) is 11.5 Å². The Morgan fingerprint density at radius 1 is 0.939 bits per heavy atom. The maximum atomic E-state index is 12.6. The van der Waals surface area contributed by atoms with Gasteiger partial charge in [-0.2, -0.15) is 5.10 Å². The minimum Gasteiger partial charge on any atom is -0.496 e. The molecule has 0 heterocycles. The van der Waals surface area contributed by atoms with Gasteiger partial charge in [0.25, 0.3) is 5.91 Å². The van der Waals surface area contributed by atoms with Crippen molar-refractivity contribution in [3.05, 3.63) is 104 Å². The fraction of sp³-hybridized carbons (Fsp3) is 0.0769. The Morgan fingerprint density at radius 2 is 1.67 bits per heavy atom. The van der Waals surface area contributed by atoms with Gasteiger partial charge >= 0.3 is 0 Å². The lowest BCUT2D eigenvalue weighted by Gasteiger charge is -2.12. The van der Waals surface area contributed by atoms with Gasteiger partial charge in [0.2, 0.25) is 0 Å². The van der Waals surface area contributed by atoms with Crippen molar-refractivity contribution >= 4 is 54.8 Å². The molecule has 0 aliphatic carbocycles. The van der Waals surface area contributed by atoms with E-state index in [9.17, 15) is 4.79 Å². The first-order valence-corrected chi connectivity index (χ1v) is 11.7. The Kier molecular flexibility index (Phi) is 7.42. The third-order valence-corrected chi connectivity index (χ3v) is 6.00. The van der Waals surface area contributed by atoms with Gasteiger partial charge in [-0.1, -0.05) is 74.3 Å². The average Bonchev–Trinajstić information content (AvgIpc) is 2.83. The van der Waals surface area contributed by atoms with E-state index in [-0.39, 0.29) is 5.91 Å². The van der Waals surface area contributed by atoms with Crippen LogP contribution >= 0.6 is 31.9 Å². The van der Waals surface area contributed by atoms with Gasteiger partial charge in [0.1, 0.15) is 18.1 Å². The van der Waals surface area contributed by atoms with Crippen molar-refractivity contribution < 1.29 is 14.3 Å². The van der Waals surface area contributed by atoms with Crippen LogP contribution in [0.1, 0.15) is 21.5 Å². The highest BCUT2D eigenvalue weighted by molar-refractivity contribution is 9.10. The zero-order chi connectivity index (χ0) is 23.2. The molecule has 4 aromatic carbocycles. The monoisotopic (exact) mass is 566 g/mol. The molecule has 7 heteroatoms. The summed E-state index contributed by atoms with van der Waals surface area (Å²) in [7, 11) is 1.52. The molecule has 0 aromatic heterocycles. The van der Waals surface area contributed by atoms with E-state index in [1.807, 2.05) is 36.4 Å². The van der Waals surface area contributed by atoms with Crippen molar-refractivity contribution in [1.82, 2.24) is 5.43 Å². The van der Waals surface area contributed by atoms with E-state index in [2.05, 4.69) is 66.7 Å². The Bertz CT molecular complexity index is 1330. The van der Waals surface area contributed by atoms with Gasteiger partial charge < -0.3 is 9.47 Å². The first kappa shape index (κ1) is 23.0. The van der Waals surface area contributed by atoms with Crippen LogP contribution in [-0.2, 0) is 6.61 Å². The minimum absolute atomic E-state index is 0.377. The molecule has 0 radical (unpaired) electrons. The molecule has 0 saturated heterocycles. The average molecular weight is 568 g/mol. The Labute approximate surface area is 208 Å². The van der Waals surface area contributed by atoms with Gasteiger partial charge in [0.15, 0.2) is 0 Å². The largest absolute Gasteiger partial charge is 0.496 e. The lowest BCUT2D eigenvalue weighted by atomic mass is 10.1. The molecule has 0 aliphatic rings. The van der Waals surface area contributed by atoms with Gasteiger partial charge in [-0.05, 0) is 52.7 Å². The van der Waals surface area contributed by atoms with Crippen LogP contribution in [0.5, 0.6) is 11.5 Å². The third kappa shape index (κ3) is 5.61. The van der Waals surface area contributed by atoms with Crippen LogP contribution in [0.2, 0.25) is 0 Å². The number of hydrogen-bond donors (Lipinski definition) is 1. The van der Waals surface area contributed by atoms with Crippen LogP contribution in [0, 0.1) is 0 Å². The van der Waals surface area contributed by atoms with E-state index >= 15 is 0 Å². The third-order valence-electron chi connectivity index (χ3n) is 5.01. The number of fused-ring (bicyclic) bond motifs is 1. The van der Waals surface area contributed by atoms with E-state index < -0.39 is 0 Å². The second kappa shape index (κ2) is 10.6. The van der Waals surface area contributed by atoms with Crippen molar-refractivity contribution in [1.29, 1.82) is 0 Å². The van der Waals surface area contributed by atoms with Gasteiger partial charge in [-0.3, -0.25) is 4.79 Å². The van der Waals surface area contributed by atoms with Crippen LogP contribution in [-0.4, -0.2) is 19.2 Å². The fourth-order valence-electron chi connectivity index (χ4n) is 3.40. The highest BCUT2D eigenvalue weighted by Crippen LogP contribution is 2.25. The molecule has 0 fully saturated rings. The molecule has 1 amide bonds. The molecule has 0 bridgehead atoms. The predicted octanol–water partition coefficient (Wildman–Crippen LogP) is 6.72. The number of amides is 1. The molecule has 33 heavy (non-hydrogen) atoms. The number of halogens is 2. The highest BCUT2D eigenvalue weighted by atomic mass is 79.9. The van der Waals surface area contributed by atoms with Crippen molar-refractivity contribution in [2.75, 3.05) is 7.11 Å². The van der Waals surface area contributed by atoms with Crippen LogP contribution in [0.15, 0.2) is 92.9 Å². The van der Waals surface area contributed by atoms with E-state index in [0.29, 0.717) is 23.7 Å². The highest BCUT2D eigenvalue weighted by Gasteiger charge is 2.12. The smallest absolute Gasteiger partial charge is 0.275 e. The molecule has 0 saturated carbocycles. The normalized spacial score (nSPS) is 11.0. The van der Waals surface area contributed by atoms with Crippen molar-refractivity contribution in [2.45, 2.75) is 6.61 Å². The molecule has 0 spiro atoms. The van der Waals surface area contributed by atoms with E-state index in [1.54, 1.807) is 24.4 Å². The SMILES string of the molecule is COc1ccc(Br)cc1C(=O)N/N=C\c1cc(Br)ccc1OCc1cccc2ccccc12. The predicted molar refractivity (Wildman–Crippen MR) is 138 cm³/mol. The molecule has 5 nitrogen and oxygen atoms in total. The Hall–Kier alpha value is -3.16. The minimum atomic E-state index is -0.377. The number of rotatable bonds is 7. The summed E-state index contributed by atoms with van der Waals surface area (Å²) in [6.07, 6.45) is 1.56. The van der Waals surface area contributed by atoms with Gasteiger partial charge in [-0.15, -0.1) is 0 Å². The molecule has 0 atom stereocenters. The lowest BCUT2D eigenvalue weighted by Crippen LogP contribution is -2.18. The first-order chi connectivity index (χ1) is 16.0. The zero-order valence-electron chi connectivity index (χ0n) is 17.7. The van der Waals surface area contributed by atoms with E-state index in [1.165, 1.54) is 12.5 Å². The van der Waals surface area contributed by atoms with Crippen LogP contribution in [0.3, 0.4) is 0 Å². The standard InChI is InChI=1S/C26H20Br2N2O3/c1-32-25-12-10-21(28)14-23(25)26(31)30-29-15-19-13-20(27)9-11-24(19)33-16-18-7-4-6-17-5-2-3-8-22(17)18/h2-15H,16H2,1H3,(H,30,31)/b29-15-. The molecule has 4 aromatic rings. The first-order valence-electron chi connectivity index (χ1n) is 10.1. The molecular formula is C26H20Br2N2O3. The summed E-state index contributed by atoms with van der Waals surface area (Å²) in [6, 6.07) is 25.2. The van der Waals surface area contributed by atoms with Crippen molar-refractivity contribution in [3.63, 3.8) is 0 Å². The molecule has 166 valence electrons. The molecule has 0 aliphatic heterocycles. The summed E-state index contributed by atoms with van der Waals surface area (Å²) in [6.45, 7) is 0.408. The number of nitrogens with zero attached hydrogens (tertiary/aromatic N) is 1. The molecule has 1 N–H and O–H groups in total. The number of hydrazone groups is 1. The maximum absolute atomic E-state index is 12.6. The molecular weight excluding hydrogens is 548 g/mol. The van der Waals surface area contributed by atoms with Crippen LogP contribution < -0.4 is 14.9 Å². The van der Waals surface area contributed by atoms with Crippen LogP contribution in [0.25, 0.3) is 10.8 Å². The number of ether oxygens (including phenoxy) is 2. The maximum Gasteiger partial charge on any atom is 0.275 e. The second-order valence-electron chi connectivity index (χ2n) is 7.15. The van der Waals surface area contributed by atoms with Gasteiger partial charge in [0.05, 0.1) is 18.9 Å². The summed E-state index contributed by atoms with van der Waals surface area (Å²) in [5.41, 5.74) is 4.75. The van der Waals surface area contributed by atoms with Crippen LogP contribution in [0.4, 0.5) is 0 Å². The number of methoxy groups -OCH3 is 1. The number of carbonyl (C=O) groups is 1. The number of benzene rings is 4. The second-order valence-corrected chi connectivity index (χ2v) is 8.98. The number of nitrogens with one attached hydrogen (secondary N) is 1. The summed E-state index contributed by atoms with van der Waals surface area (Å²) in [4.78, 5) is 12.6. The molecule has 4 rings (SSSR count). The quantitative estimate of drug-likeness (QED) is 0.199. The Balaban J connectivity index is 1.51. The zero-order valence-corrected chi connectivity index (χ0v) is 20.9.